The molecular weight excluding hydrogens is 339 g/mol. The van der Waals surface area contributed by atoms with Gasteiger partial charge in [0.25, 0.3) is 15.9 Å². The molecule has 0 unspecified atom stereocenters. The summed E-state index contributed by atoms with van der Waals surface area (Å²) in [6, 6.07) is 6.58. The zero-order valence-corrected chi connectivity index (χ0v) is 13.2. The Bertz CT molecular complexity index is 941. The van der Waals surface area contributed by atoms with E-state index in [4.69, 9.17) is 10.8 Å². The molecule has 0 saturated carbocycles. The van der Waals surface area contributed by atoms with Crippen molar-refractivity contribution >= 4 is 27.6 Å². The van der Waals surface area contributed by atoms with Crippen LogP contribution < -0.4 is 10.5 Å². The van der Waals surface area contributed by atoms with Gasteiger partial charge in [-0.2, -0.15) is 0 Å². The molecule has 0 fully saturated rings. The van der Waals surface area contributed by atoms with Gasteiger partial charge in [0.05, 0.1) is 16.0 Å². The molecule has 0 atom stereocenters. The van der Waals surface area contributed by atoms with E-state index in [9.17, 15) is 22.4 Å². The fraction of sp³-hybridized carbons (Fsp3) is 0.0667. The van der Waals surface area contributed by atoms with Crippen LogP contribution in [0.2, 0.25) is 0 Å². The molecule has 0 aliphatic heterocycles. The highest BCUT2D eigenvalue weighted by atomic mass is 32.2. The molecule has 0 radical (unpaired) electrons. The SMILES string of the molecule is Cc1ccc(S(=O)(=O)Nc2ccc(F)c(C(N)=O)c2)cc1C(=O)O. The third-order valence-electron chi connectivity index (χ3n) is 3.23. The van der Waals surface area contributed by atoms with Crippen molar-refractivity contribution in [1.82, 2.24) is 0 Å². The molecule has 7 nitrogen and oxygen atoms in total. The number of hydrogen-bond donors (Lipinski definition) is 3. The Labute approximate surface area is 137 Å². The van der Waals surface area contributed by atoms with Crippen molar-refractivity contribution in [2.24, 2.45) is 5.73 Å². The summed E-state index contributed by atoms with van der Waals surface area (Å²) in [6.07, 6.45) is 0. The van der Waals surface area contributed by atoms with Crippen molar-refractivity contribution in [2.75, 3.05) is 4.72 Å². The molecule has 2 rings (SSSR count). The number of nitrogens with one attached hydrogen (secondary N) is 1. The van der Waals surface area contributed by atoms with Crippen LogP contribution in [-0.2, 0) is 10.0 Å². The number of amides is 1. The summed E-state index contributed by atoms with van der Waals surface area (Å²) in [6.45, 7) is 1.53. The smallest absolute Gasteiger partial charge is 0.335 e. The van der Waals surface area contributed by atoms with Gasteiger partial charge >= 0.3 is 5.97 Å². The molecular formula is C15H13FN2O5S. The lowest BCUT2D eigenvalue weighted by atomic mass is 10.1. The fourth-order valence-corrected chi connectivity index (χ4v) is 3.07. The number of benzene rings is 2. The maximum Gasteiger partial charge on any atom is 0.335 e. The van der Waals surface area contributed by atoms with Gasteiger partial charge in [-0.1, -0.05) is 6.07 Å². The molecule has 0 saturated heterocycles. The average molecular weight is 352 g/mol. The maximum absolute atomic E-state index is 13.4. The first-order chi connectivity index (χ1) is 11.1. The van der Waals surface area contributed by atoms with Gasteiger partial charge in [-0.15, -0.1) is 0 Å². The van der Waals surface area contributed by atoms with Crippen LogP contribution >= 0.6 is 0 Å². The third-order valence-corrected chi connectivity index (χ3v) is 4.61. The molecule has 4 N–H and O–H groups in total. The number of aromatic carboxylic acids is 1. The number of rotatable bonds is 5. The summed E-state index contributed by atoms with van der Waals surface area (Å²) >= 11 is 0. The summed E-state index contributed by atoms with van der Waals surface area (Å²) in [7, 11) is -4.13. The molecule has 1 amide bonds. The molecule has 0 bridgehead atoms. The van der Waals surface area contributed by atoms with Crippen LogP contribution in [0.1, 0.15) is 26.3 Å². The fourth-order valence-electron chi connectivity index (χ4n) is 1.99. The molecule has 2 aromatic rings. The lowest BCUT2D eigenvalue weighted by Gasteiger charge is -2.11. The summed E-state index contributed by atoms with van der Waals surface area (Å²) in [5.74, 6) is -3.19. The van der Waals surface area contributed by atoms with Crippen molar-refractivity contribution in [3.63, 3.8) is 0 Å². The standard InChI is InChI=1S/C15H13FN2O5S/c1-8-2-4-10(7-11(8)15(20)21)24(22,23)18-9-3-5-13(16)12(6-9)14(17)19/h2-7,18H,1H3,(H2,17,19)(H,20,21). The van der Waals surface area contributed by atoms with E-state index in [0.717, 1.165) is 24.3 Å². The van der Waals surface area contributed by atoms with Crippen molar-refractivity contribution in [3.8, 4) is 0 Å². The van der Waals surface area contributed by atoms with E-state index in [1.54, 1.807) is 0 Å². The lowest BCUT2D eigenvalue weighted by molar-refractivity contribution is 0.0695. The molecule has 0 aliphatic carbocycles. The zero-order chi connectivity index (χ0) is 18.1. The molecule has 2 aromatic carbocycles. The van der Waals surface area contributed by atoms with Crippen LogP contribution in [0.15, 0.2) is 41.3 Å². The predicted octanol–water partition coefficient (Wildman–Crippen LogP) is 1.73. The normalized spacial score (nSPS) is 11.1. The summed E-state index contributed by atoms with van der Waals surface area (Å²) in [4.78, 5) is 21.9. The number of carboxylic acid groups (broad SMARTS) is 1. The Morgan fingerprint density at radius 1 is 1.12 bits per heavy atom. The van der Waals surface area contributed by atoms with Gasteiger partial charge < -0.3 is 10.8 Å². The number of anilines is 1. The minimum atomic E-state index is -4.13. The summed E-state index contributed by atoms with van der Waals surface area (Å²) < 4.78 is 40.2. The van der Waals surface area contributed by atoms with Crippen molar-refractivity contribution in [1.29, 1.82) is 0 Å². The van der Waals surface area contributed by atoms with E-state index in [-0.39, 0.29) is 16.1 Å². The van der Waals surface area contributed by atoms with Crippen LogP contribution in [0.4, 0.5) is 10.1 Å². The lowest BCUT2D eigenvalue weighted by Crippen LogP contribution is -2.17. The monoisotopic (exact) mass is 352 g/mol. The van der Waals surface area contributed by atoms with Gasteiger partial charge in [-0.05, 0) is 42.8 Å². The quantitative estimate of drug-likeness (QED) is 0.755. The van der Waals surface area contributed by atoms with Gasteiger partial charge in [0, 0.05) is 5.69 Å². The largest absolute Gasteiger partial charge is 0.478 e. The number of carboxylic acids is 1. The molecule has 0 spiro atoms. The number of sulfonamides is 1. The maximum atomic E-state index is 13.4. The van der Waals surface area contributed by atoms with Crippen LogP contribution in [0.5, 0.6) is 0 Å². The Kier molecular flexibility index (Phi) is 4.56. The van der Waals surface area contributed by atoms with Gasteiger partial charge in [-0.25, -0.2) is 17.6 Å². The number of primary amides is 1. The zero-order valence-electron chi connectivity index (χ0n) is 12.4. The van der Waals surface area contributed by atoms with Crippen LogP contribution in [-0.4, -0.2) is 25.4 Å². The predicted molar refractivity (Wildman–Crippen MR) is 83.9 cm³/mol. The van der Waals surface area contributed by atoms with Gasteiger partial charge in [0.2, 0.25) is 0 Å². The van der Waals surface area contributed by atoms with E-state index in [2.05, 4.69) is 4.72 Å². The first-order valence-electron chi connectivity index (χ1n) is 6.58. The van der Waals surface area contributed by atoms with Gasteiger partial charge in [0.1, 0.15) is 5.82 Å². The van der Waals surface area contributed by atoms with Crippen LogP contribution in [0.25, 0.3) is 0 Å². The first kappa shape index (κ1) is 17.4. The Morgan fingerprint density at radius 3 is 2.38 bits per heavy atom. The second-order valence-corrected chi connectivity index (χ2v) is 6.63. The van der Waals surface area contributed by atoms with Crippen LogP contribution in [0, 0.1) is 12.7 Å². The van der Waals surface area contributed by atoms with E-state index < -0.39 is 33.3 Å². The van der Waals surface area contributed by atoms with Gasteiger partial charge in [-0.3, -0.25) is 9.52 Å². The number of carbonyl (C=O) groups excluding carboxylic acids is 1. The second-order valence-electron chi connectivity index (χ2n) is 4.95. The highest BCUT2D eigenvalue weighted by Gasteiger charge is 2.19. The minimum Gasteiger partial charge on any atom is -0.478 e. The molecule has 0 aromatic heterocycles. The number of halogens is 1. The van der Waals surface area contributed by atoms with Crippen molar-refractivity contribution in [2.45, 2.75) is 11.8 Å². The number of hydrogen-bond acceptors (Lipinski definition) is 4. The molecule has 24 heavy (non-hydrogen) atoms. The molecule has 126 valence electrons. The second kappa shape index (κ2) is 6.28. The van der Waals surface area contributed by atoms with Crippen LogP contribution in [0.3, 0.4) is 0 Å². The molecule has 0 heterocycles. The Balaban J connectivity index is 2.42. The summed E-state index contributed by atoms with van der Waals surface area (Å²) in [5, 5.41) is 9.07. The minimum absolute atomic E-state index is 0.0809. The Hall–Kier alpha value is -2.94. The van der Waals surface area contributed by atoms with E-state index in [1.165, 1.54) is 19.1 Å². The average Bonchev–Trinajstić information content (AvgIpc) is 2.48. The highest BCUT2D eigenvalue weighted by molar-refractivity contribution is 7.92. The molecule has 9 heteroatoms. The van der Waals surface area contributed by atoms with Crippen molar-refractivity contribution in [3.05, 3.63) is 58.9 Å². The highest BCUT2D eigenvalue weighted by Crippen LogP contribution is 2.21. The van der Waals surface area contributed by atoms with Gasteiger partial charge in [0.15, 0.2) is 0 Å². The van der Waals surface area contributed by atoms with E-state index >= 15 is 0 Å². The Morgan fingerprint density at radius 2 is 1.79 bits per heavy atom. The number of nitrogens with two attached hydrogens (primary N) is 1. The number of carbonyl (C=O) groups is 2. The summed E-state index contributed by atoms with van der Waals surface area (Å²) in [5.41, 5.74) is 4.70. The van der Waals surface area contributed by atoms with E-state index in [0.29, 0.717) is 5.56 Å². The molecule has 0 aliphatic rings. The topological polar surface area (TPSA) is 127 Å². The third kappa shape index (κ3) is 3.51. The first-order valence-corrected chi connectivity index (χ1v) is 8.06. The van der Waals surface area contributed by atoms with Crippen molar-refractivity contribution < 1.29 is 27.5 Å². The number of aryl methyl sites for hydroxylation is 1. The van der Waals surface area contributed by atoms with E-state index in [1.807, 2.05) is 0 Å².